The highest BCUT2D eigenvalue weighted by atomic mass is 16.5. The fourth-order valence-electron chi connectivity index (χ4n) is 1.30. The van der Waals surface area contributed by atoms with Gasteiger partial charge in [-0.25, -0.2) is 9.78 Å². The van der Waals surface area contributed by atoms with E-state index in [1.54, 1.807) is 6.07 Å². The van der Waals surface area contributed by atoms with Crippen LogP contribution in [0.4, 0.5) is 5.69 Å². The Kier molecular flexibility index (Phi) is 6.08. The van der Waals surface area contributed by atoms with Crippen LogP contribution in [0, 0.1) is 5.92 Å². The van der Waals surface area contributed by atoms with E-state index in [4.69, 9.17) is 15.2 Å². The summed E-state index contributed by atoms with van der Waals surface area (Å²) in [4.78, 5) is 15.3. The molecule has 0 saturated heterocycles. The Morgan fingerprint density at radius 3 is 2.74 bits per heavy atom. The molecule has 0 aromatic carbocycles. The van der Waals surface area contributed by atoms with Crippen molar-refractivity contribution in [3.63, 3.8) is 0 Å². The monoisotopic (exact) mass is 268 g/mol. The highest BCUT2D eigenvalue weighted by Gasteiger charge is 2.11. The second-order valence-corrected chi connectivity index (χ2v) is 4.40. The van der Waals surface area contributed by atoms with Gasteiger partial charge in [0.05, 0.1) is 19.4 Å². The summed E-state index contributed by atoms with van der Waals surface area (Å²) in [5.74, 6) is 0.169. The topological polar surface area (TPSA) is 83.7 Å². The number of nitrogen functional groups attached to an aromatic ring is 1. The third kappa shape index (κ3) is 5.13. The SMILES string of the molecule is COC(=O)c1ccc(N)c(OCCOCC(C)C)n1. The molecule has 0 aliphatic rings. The highest BCUT2D eigenvalue weighted by molar-refractivity contribution is 5.87. The van der Waals surface area contributed by atoms with Gasteiger partial charge in [0.25, 0.3) is 0 Å². The van der Waals surface area contributed by atoms with Crippen LogP contribution in [-0.4, -0.2) is 37.9 Å². The zero-order chi connectivity index (χ0) is 14.3. The molecule has 0 atom stereocenters. The van der Waals surface area contributed by atoms with Crippen molar-refractivity contribution in [1.29, 1.82) is 0 Å². The fourth-order valence-corrected chi connectivity index (χ4v) is 1.30. The van der Waals surface area contributed by atoms with Gasteiger partial charge in [-0.3, -0.25) is 0 Å². The molecule has 0 radical (unpaired) electrons. The van der Waals surface area contributed by atoms with Gasteiger partial charge in [-0.2, -0.15) is 0 Å². The number of carbonyl (C=O) groups is 1. The van der Waals surface area contributed by atoms with Crippen LogP contribution in [0.3, 0.4) is 0 Å². The Morgan fingerprint density at radius 2 is 2.11 bits per heavy atom. The summed E-state index contributed by atoms with van der Waals surface area (Å²) < 4.78 is 15.3. The van der Waals surface area contributed by atoms with Gasteiger partial charge in [0.2, 0.25) is 5.88 Å². The molecule has 19 heavy (non-hydrogen) atoms. The number of hydrogen-bond acceptors (Lipinski definition) is 6. The van der Waals surface area contributed by atoms with Crippen molar-refractivity contribution in [2.45, 2.75) is 13.8 Å². The third-order valence-corrected chi connectivity index (χ3v) is 2.20. The number of anilines is 1. The summed E-state index contributed by atoms with van der Waals surface area (Å²) in [7, 11) is 1.29. The lowest BCUT2D eigenvalue weighted by molar-refractivity contribution is 0.0591. The lowest BCUT2D eigenvalue weighted by Gasteiger charge is -2.10. The smallest absolute Gasteiger partial charge is 0.356 e. The summed E-state index contributed by atoms with van der Waals surface area (Å²) in [6, 6.07) is 3.05. The zero-order valence-corrected chi connectivity index (χ0v) is 11.5. The molecule has 6 nitrogen and oxygen atoms in total. The van der Waals surface area contributed by atoms with Crippen LogP contribution in [0.15, 0.2) is 12.1 Å². The number of ether oxygens (including phenoxy) is 3. The molecule has 0 bridgehead atoms. The van der Waals surface area contributed by atoms with Gasteiger partial charge in [-0.05, 0) is 18.1 Å². The van der Waals surface area contributed by atoms with Crippen LogP contribution < -0.4 is 10.5 Å². The van der Waals surface area contributed by atoms with Gasteiger partial charge in [0.15, 0.2) is 5.69 Å². The minimum atomic E-state index is -0.527. The van der Waals surface area contributed by atoms with Crippen molar-refractivity contribution in [3.05, 3.63) is 17.8 Å². The van der Waals surface area contributed by atoms with Crippen molar-refractivity contribution in [2.24, 2.45) is 5.92 Å². The summed E-state index contributed by atoms with van der Waals surface area (Å²) in [5, 5.41) is 0. The van der Waals surface area contributed by atoms with E-state index in [1.165, 1.54) is 13.2 Å². The van der Waals surface area contributed by atoms with E-state index in [-0.39, 0.29) is 11.6 Å². The lowest BCUT2D eigenvalue weighted by atomic mass is 10.2. The summed E-state index contributed by atoms with van der Waals surface area (Å²) in [5.41, 5.74) is 6.25. The molecule has 1 aromatic rings. The Hall–Kier alpha value is -1.82. The first-order chi connectivity index (χ1) is 9.04. The molecule has 0 fully saturated rings. The molecule has 1 rings (SSSR count). The Balaban J connectivity index is 2.50. The van der Waals surface area contributed by atoms with Crippen LogP contribution in [0.1, 0.15) is 24.3 Å². The van der Waals surface area contributed by atoms with E-state index in [0.29, 0.717) is 31.4 Å². The van der Waals surface area contributed by atoms with Crippen molar-refractivity contribution in [1.82, 2.24) is 4.98 Å². The van der Waals surface area contributed by atoms with Gasteiger partial charge in [-0.15, -0.1) is 0 Å². The largest absolute Gasteiger partial charge is 0.474 e. The molecule has 0 amide bonds. The maximum atomic E-state index is 11.3. The molecule has 0 aliphatic heterocycles. The minimum absolute atomic E-state index is 0.162. The number of aromatic nitrogens is 1. The van der Waals surface area contributed by atoms with Gasteiger partial charge in [0, 0.05) is 6.61 Å². The summed E-state index contributed by atoms with van der Waals surface area (Å²) in [6.07, 6.45) is 0. The fraction of sp³-hybridized carbons (Fsp3) is 0.538. The number of rotatable bonds is 7. The maximum absolute atomic E-state index is 11.3. The second-order valence-electron chi connectivity index (χ2n) is 4.40. The normalized spacial score (nSPS) is 10.5. The first-order valence-corrected chi connectivity index (χ1v) is 6.10. The summed E-state index contributed by atoms with van der Waals surface area (Å²) >= 11 is 0. The third-order valence-electron chi connectivity index (χ3n) is 2.20. The molecule has 1 aromatic heterocycles. The van der Waals surface area contributed by atoms with Crippen LogP contribution in [-0.2, 0) is 9.47 Å². The lowest BCUT2D eigenvalue weighted by Crippen LogP contribution is -2.13. The van der Waals surface area contributed by atoms with Crippen molar-refractivity contribution in [2.75, 3.05) is 32.7 Å². The van der Waals surface area contributed by atoms with Crippen LogP contribution >= 0.6 is 0 Å². The average molecular weight is 268 g/mol. The number of methoxy groups -OCH3 is 1. The number of carbonyl (C=O) groups excluding carboxylic acids is 1. The molecule has 6 heteroatoms. The molecule has 106 valence electrons. The number of esters is 1. The van der Waals surface area contributed by atoms with Crippen molar-refractivity contribution in [3.8, 4) is 5.88 Å². The number of pyridine rings is 1. The summed E-state index contributed by atoms with van der Waals surface area (Å²) in [6.45, 7) is 5.59. The molecule has 0 aliphatic carbocycles. The molecular weight excluding hydrogens is 248 g/mol. The Morgan fingerprint density at radius 1 is 1.37 bits per heavy atom. The molecule has 1 heterocycles. The zero-order valence-electron chi connectivity index (χ0n) is 11.5. The van der Waals surface area contributed by atoms with Crippen LogP contribution in [0.2, 0.25) is 0 Å². The van der Waals surface area contributed by atoms with Crippen LogP contribution in [0.5, 0.6) is 5.88 Å². The first kappa shape index (κ1) is 15.2. The number of hydrogen-bond donors (Lipinski definition) is 1. The van der Waals surface area contributed by atoms with E-state index in [9.17, 15) is 4.79 Å². The van der Waals surface area contributed by atoms with Crippen molar-refractivity contribution < 1.29 is 19.0 Å². The van der Waals surface area contributed by atoms with Gasteiger partial charge >= 0.3 is 5.97 Å². The maximum Gasteiger partial charge on any atom is 0.356 e. The molecule has 0 saturated carbocycles. The molecular formula is C13H20N2O4. The predicted octanol–water partition coefficient (Wildman–Crippen LogP) is 1.50. The van der Waals surface area contributed by atoms with E-state index in [0.717, 1.165) is 0 Å². The number of nitrogens with zero attached hydrogens (tertiary/aromatic N) is 1. The van der Waals surface area contributed by atoms with Gasteiger partial charge in [0.1, 0.15) is 6.61 Å². The molecule has 0 spiro atoms. The van der Waals surface area contributed by atoms with Gasteiger partial charge < -0.3 is 19.9 Å². The first-order valence-electron chi connectivity index (χ1n) is 6.10. The van der Waals surface area contributed by atoms with Gasteiger partial charge in [-0.1, -0.05) is 13.8 Å². The Labute approximate surface area is 112 Å². The van der Waals surface area contributed by atoms with Crippen molar-refractivity contribution >= 4 is 11.7 Å². The van der Waals surface area contributed by atoms with E-state index < -0.39 is 5.97 Å². The van der Waals surface area contributed by atoms with E-state index in [2.05, 4.69) is 23.6 Å². The molecule has 2 N–H and O–H groups in total. The molecule has 0 unspecified atom stereocenters. The predicted molar refractivity (Wildman–Crippen MR) is 71.1 cm³/mol. The van der Waals surface area contributed by atoms with E-state index >= 15 is 0 Å². The average Bonchev–Trinajstić information content (AvgIpc) is 2.39. The second kappa shape index (κ2) is 7.58. The standard InChI is InChI=1S/C13H20N2O4/c1-9(2)8-18-6-7-19-12-10(14)4-5-11(15-12)13(16)17-3/h4-5,9H,6-8,14H2,1-3H3. The number of nitrogens with two attached hydrogens (primary N) is 1. The van der Waals surface area contributed by atoms with Crippen LogP contribution in [0.25, 0.3) is 0 Å². The minimum Gasteiger partial charge on any atom is -0.474 e. The Bertz CT molecular complexity index is 421. The quantitative estimate of drug-likeness (QED) is 0.596. The highest BCUT2D eigenvalue weighted by Crippen LogP contribution is 2.18. The van der Waals surface area contributed by atoms with E-state index in [1.807, 2.05) is 0 Å².